The lowest BCUT2D eigenvalue weighted by Gasteiger charge is -2.12. The van der Waals surface area contributed by atoms with E-state index in [-0.39, 0.29) is 7.33 Å². The molecule has 0 fully saturated rings. The number of aromatic amines is 1. The van der Waals surface area contributed by atoms with Crippen LogP contribution in [0.3, 0.4) is 0 Å². The Bertz CT molecular complexity index is 548. The highest BCUT2D eigenvalue weighted by atomic mass is 16.2. The molecule has 17 heavy (non-hydrogen) atoms. The molecule has 1 heterocycles. The van der Waals surface area contributed by atoms with Crippen LogP contribution in [0.2, 0.25) is 0 Å². The minimum absolute atomic E-state index is 0. The maximum atomic E-state index is 11.9. The largest absolute Gasteiger partial charge is 0.346 e. The highest BCUT2D eigenvalue weighted by Crippen LogP contribution is 2.16. The van der Waals surface area contributed by atoms with Crippen molar-refractivity contribution >= 4 is 11.7 Å². The van der Waals surface area contributed by atoms with Gasteiger partial charge < -0.3 is 5.32 Å². The molecule has 1 aliphatic rings. The Hall–Kier alpha value is -2.17. The van der Waals surface area contributed by atoms with Gasteiger partial charge in [-0.2, -0.15) is 0 Å². The summed E-state index contributed by atoms with van der Waals surface area (Å²) in [6.45, 7) is 2.05. The zero-order valence-electron chi connectivity index (χ0n) is 9.43. The van der Waals surface area contributed by atoms with Gasteiger partial charge in [-0.05, 0) is 18.4 Å². The Labute approximate surface area is 99.8 Å². The van der Waals surface area contributed by atoms with Gasteiger partial charge >= 0.3 is 5.69 Å². The minimum atomic E-state index is -0.482. The second-order valence-corrected chi connectivity index (χ2v) is 3.98. The molecular weight excluding hydrogens is 218 g/mol. The number of H-pyrrole nitrogens is 1. The fraction of sp³-hybridized carbons (Fsp3) is 0.250. The molecule has 0 aromatic carbocycles. The molecule has 2 rings (SSSR count). The van der Waals surface area contributed by atoms with Crippen molar-refractivity contribution in [3.8, 4) is 0 Å². The topological polar surface area (TPSA) is 74.8 Å². The van der Waals surface area contributed by atoms with Crippen molar-refractivity contribution in [3.63, 3.8) is 0 Å². The third kappa shape index (κ3) is 2.90. The molecule has 0 spiro atoms. The number of carbonyl (C=O) groups is 1. The Morgan fingerprint density at radius 3 is 3.18 bits per heavy atom. The molecule has 0 radical (unpaired) electrons. The number of anilines is 1. The van der Waals surface area contributed by atoms with E-state index in [1.165, 1.54) is 12.3 Å². The first-order valence-corrected chi connectivity index (χ1v) is 5.40. The predicted molar refractivity (Wildman–Crippen MR) is 66.6 cm³/mol. The highest BCUT2D eigenvalue weighted by Gasteiger charge is 2.11. The fourth-order valence-corrected chi connectivity index (χ4v) is 1.63. The molecule has 1 atom stereocenters. The maximum absolute atomic E-state index is 11.9. The standard InChI is InChI=1S/C12H13N3O2.H2/c1-8-3-2-4-9(7-8)11(16)14-10-5-6-13-12(17)15-10;/h2,4-8H,3H2,1H3,(H2,13,14,15,16,17);1H. The SMILES string of the molecule is CC1C=C(C(=O)Nc2ccnc(=O)[nH]2)C=CC1.[HH]. The van der Waals surface area contributed by atoms with Gasteiger partial charge in [-0.15, -0.1) is 0 Å². The first kappa shape index (κ1) is 11.3. The van der Waals surface area contributed by atoms with Crippen LogP contribution in [0.5, 0.6) is 0 Å². The van der Waals surface area contributed by atoms with E-state index in [4.69, 9.17) is 0 Å². The van der Waals surface area contributed by atoms with Crippen LogP contribution < -0.4 is 11.0 Å². The number of rotatable bonds is 2. The van der Waals surface area contributed by atoms with Crippen molar-refractivity contribution in [1.29, 1.82) is 0 Å². The number of aromatic nitrogens is 2. The fourth-order valence-electron chi connectivity index (χ4n) is 1.63. The molecule has 1 aromatic heterocycles. The molecule has 0 saturated carbocycles. The van der Waals surface area contributed by atoms with Crippen molar-refractivity contribution in [2.75, 3.05) is 5.32 Å². The lowest BCUT2D eigenvalue weighted by molar-refractivity contribution is -0.112. The zero-order valence-corrected chi connectivity index (χ0v) is 9.43. The molecule has 1 aliphatic carbocycles. The van der Waals surface area contributed by atoms with Crippen LogP contribution in [0.4, 0.5) is 5.82 Å². The molecule has 1 amide bonds. The molecule has 1 aromatic rings. The number of allylic oxidation sites excluding steroid dienone is 2. The highest BCUT2D eigenvalue weighted by molar-refractivity contribution is 6.05. The van der Waals surface area contributed by atoms with Crippen LogP contribution in [-0.4, -0.2) is 15.9 Å². The van der Waals surface area contributed by atoms with Gasteiger partial charge in [0, 0.05) is 13.2 Å². The predicted octanol–water partition coefficient (Wildman–Crippen LogP) is 1.48. The summed E-state index contributed by atoms with van der Waals surface area (Å²) < 4.78 is 0. The van der Waals surface area contributed by atoms with E-state index in [2.05, 4.69) is 15.3 Å². The van der Waals surface area contributed by atoms with E-state index in [1.54, 1.807) is 6.08 Å². The first-order valence-electron chi connectivity index (χ1n) is 5.40. The second kappa shape index (κ2) is 4.78. The summed E-state index contributed by atoms with van der Waals surface area (Å²) >= 11 is 0. The lowest BCUT2D eigenvalue weighted by Crippen LogP contribution is -2.19. The van der Waals surface area contributed by atoms with Crippen LogP contribution in [0, 0.1) is 5.92 Å². The van der Waals surface area contributed by atoms with Crippen LogP contribution >= 0.6 is 0 Å². The molecule has 2 N–H and O–H groups in total. The van der Waals surface area contributed by atoms with Crippen molar-refractivity contribution in [2.45, 2.75) is 13.3 Å². The third-order valence-electron chi connectivity index (χ3n) is 2.45. The summed E-state index contributed by atoms with van der Waals surface area (Å²) in [6, 6.07) is 1.54. The Balaban J connectivity index is 0.00000162. The number of hydrogen-bond acceptors (Lipinski definition) is 3. The first-order chi connectivity index (χ1) is 8.15. The summed E-state index contributed by atoms with van der Waals surface area (Å²) in [4.78, 5) is 28.7. The lowest BCUT2D eigenvalue weighted by atomic mass is 9.98. The van der Waals surface area contributed by atoms with E-state index < -0.39 is 5.69 Å². The molecular formula is C12H15N3O2. The number of nitrogens with one attached hydrogen (secondary N) is 2. The van der Waals surface area contributed by atoms with E-state index >= 15 is 0 Å². The zero-order chi connectivity index (χ0) is 12.3. The average Bonchev–Trinajstić information content (AvgIpc) is 2.29. The van der Waals surface area contributed by atoms with Crippen molar-refractivity contribution in [3.05, 3.63) is 46.5 Å². The van der Waals surface area contributed by atoms with E-state index in [0.717, 1.165) is 6.42 Å². The van der Waals surface area contributed by atoms with Gasteiger partial charge in [0.15, 0.2) is 0 Å². The molecule has 1 unspecified atom stereocenters. The monoisotopic (exact) mass is 233 g/mol. The Morgan fingerprint density at radius 2 is 2.47 bits per heavy atom. The minimum Gasteiger partial charge on any atom is -0.308 e. The van der Waals surface area contributed by atoms with E-state index in [9.17, 15) is 9.59 Å². The molecule has 0 aliphatic heterocycles. The Kier molecular flexibility index (Phi) is 3.18. The van der Waals surface area contributed by atoms with Crippen LogP contribution in [0.15, 0.2) is 40.9 Å². The number of nitrogens with zero attached hydrogens (tertiary/aromatic N) is 1. The molecule has 90 valence electrons. The van der Waals surface area contributed by atoms with Crippen LogP contribution in [-0.2, 0) is 4.79 Å². The van der Waals surface area contributed by atoms with Crippen molar-refractivity contribution in [1.82, 2.24) is 9.97 Å². The van der Waals surface area contributed by atoms with Gasteiger partial charge in [-0.1, -0.05) is 25.2 Å². The van der Waals surface area contributed by atoms with Gasteiger partial charge in [0.2, 0.25) is 0 Å². The number of amides is 1. The molecule has 0 bridgehead atoms. The summed E-state index contributed by atoms with van der Waals surface area (Å²) in [5.41, 5.74) is 0.130. The molecule has 5 heteroatoms. The number of carbonyl (C=O) groups excluding carboxylic acids is 1. The van der Waals surface area contributed by atoms with Gasteiger partial charge in [0.25, 0.3) is 5.91 Å². The summed E-state index contributed by atoms with van der Waals surface area (Å²) in [6.07, 6.45) is 7.96. The third-order valence-corrected chi connectivity index (χ3v) is 2.45. The average molecular weight is 233 g/mol. The van der Waals surface area contributed by atoms with Gasteiger partial charge in [-0.25, -0.2) is 9.78 Å². The normalized spacial score (nSPS) is 18.6. The summed E-state index contributed by atoms with van der Waals surface area (Å²) in [5.74, 6) is 0.481. The van der Waals surface area contributed by atoms with Crippen LogP contribution in [0.1, 0.15) is 14.8 Å². The molecule has 5 nitrogen and oxygen atoms in total. The van der Waals surface area contributed by atoms with Crippen molar-refractivity contribution < 1.29 is 6.22 Å². The van der Waals surface area contributed by atoms with Crippen LogP contribution in [0.25, 0.3) is 0 Å². The van der Waals surface area contributed by atoms with E-state index in [0.29, 0.717) is 17.3 Å². The summed E-state index contributed by atoms with van der Waals surface area (Å²) in [5, 5.41) is 2.62. The molecule has 0 saturated heterocycles. The second-order valence-electron chi connectivity index (χ2n) is 3.98. The summed E-state index contributed by atoms with van der Waals surface area (Å²) in [7, 11) is 0. The van der Waals surface area contributed by atoms with Crippen molar-refractivity contribution in [2.24, 2.45) is 5.92 Å². The van der Waals surface area contributed by atoms with Gasteiger partial charge in [0.05, 0.1) is 0 Å². The maximum Gasteiger partial charge on any atom is 0.346 e. The van der Waals surface area contributed by atoms with Gasteiger partial charge in [-0.3, -0.25) is 9.78 Å². The van der Waals surface area contributed by atoms with E-state index in [1.807, 2.05) is 19.1 Å². The number of hydrogen-bond donors (Lipinski definition) is 2. The smallest absolute Gasteiger partial charge is 0.308 e. The quantitative estimate of drug-likeness (QED) is 0.812. The van der Waals surface area contributed by atoms with Gasteiger partial charge in [0.1, 0.15) is 5.82 Å². The Morgan fingerprint density at radius 1 is 1.65 bits per heavy atom.